The Bertz CT molecular complexity index is 840. The molecule has 0 aromatic heterocycles. The molecule has 0 aliphatic carbocycles. The molecule has 0 radical (unpaired) electrons. The molecule has 1 spiro atoms. The van der Waals surface area contributed by atoms with Crippen molar-refractivity contribution in [2.45, 2.75) is 18.4 Å². The molecule has 2 fully saturated rings. The minimum absolute atomic E-state index is 0.0245. The number of anilines is 1. The zero-order valence-electron chi connectivity index (χ0n) is 14.9. The summed E-state index contributed by atoms with van der Waals surface area (Å²) >= 11 is 0. The number of carbonyl (C=O) groups excluding carboxylic acids is 2. The summed E-state index contributed by atoms with van der Waals surface area (Å²) in [7, 11) is 0. The molecule has 27 heavy (non-hydrogen) atoms. The first-order chi connectivity index (χ1) is 13.1. The predicted octanol–water partition coefficient (Wildman–Crippen LogP) is 2.86. The third-order valence-corrected chi connectivity index (χ3v) is 5.23. The van der Waals surface area contributed by atoms with Gasteiger partial charge in [0.25, 0.3) is 11.8 Å². The number of halogens is 1. The molecule has 4 rings (SSSR count). The average Bonchev–Trinajstić information content (AvgIpc) is 2.71. The van der Waals surface area contributed by atoms with Crippen LogP contribution in [-0.2, 0) is 9.53 Å². The van der Waals surface area contributed by atoms with E-state index in [2.05, 4.69) is 0 Å². The van der Waals surface area contributed by atoms with Crippen molar-refractivity contribution in [3.8, 4) is 0 Å². The Balaban J connectivity index is 1.54. The van der Waals surface area contributed by atoms with Gasteiger partial charge in [-0.25, -0.2) is 4.39 Å². The number of hydrogen-bond acceptors (Lipinski definition) is 3. The lowest BCUT2D eigenvalue weighted by Crippen LogP contribution is -2.62. The number of amides is 2. The summed E-state index contributed by atoms with van der Waals surface area (Å²) in [4.78, 5) is 28.6. The van der Waals surface area contributed by atoms with Gasteiger partial charge in [-0.05, 0) is 49.2 Å². The van der Waals surface area contributed by atoms with Crippen molar-refractivity contribution in [1.29, 1.82) is 0 Å². The van der Waals surface area contributed by atoms with Gasteiger partial charge < -0.3 is 14.5 Å². The van der Waals surface area contributed by atoms with Crippen molar-refractivity contribution in [1.82, 2.24) is 4.90 Å². The van der Waals surface area contributed by atoms with Gasteiger partial charge in [-0.3, -0.25) is 9.59 Å². The fourth-order valence-corrected chi connectivity index (χ4v) is 3.85. The summed E-state index contributed by atoms with van der Waals surface area (Å²) in [5, 5.41) is 0. The Labute approximate surface area is 157 Å². The highest BCUT2D eigenvalue weighted by molar-refractivity contribution is 5.96. The van der Waals surface area contributed by atoms with Crippen LogP contribution in [0.25, 0.3) is 0 Å². The SMILES string of the molecule is O=C(c1ccccc1)N1CCCC2(C1)CN(c1ccc(F)cc1)C(=O)CO2. The standard InChI is InChI=1S/C21H21FN2O3/c22-17-7-9-18(10-8-17)24-15-21(27-13-19(24)25)11-4-12-23(14-21)20(26)16-5-2-1-3-6-16/h1-3,5-10H,4,11-15H2. The summed E-state index contributed by atoms with van der Waals surface area (Å²) in [5.41, 5.74) is 0.706. The van der Waals surface area contributed by atoms with Crippen molar-refractivity contribution in [3.63, 3.8) is 0 Å². The van der Waals surface area contributed by atoms with Crippen molar-refractivity contribution in [2.24, 2.45) is 0 Å². The van der Waals surface area contributed by atoms with Crippen LogP contribution < -0.4 is 4.90 Å². The van der Waals surface area contributed by atoms with Gasteiger partial charge in [-0.15, -0.1) is 0 Å². The van der Waals surface area contributed by atoms with Crippen molar-refractivity contribution in [3.05, 3.63) is 66.0 Å². The molecule has 2 aliphatic rings. The molecular weight excluding hydrogens is 347 g/mol. The number of hydrogen-bond donors (Lipinski definition) is 0. The number of nitrogens with zero attached hydrogens (tertiary/aromatic N) is 2. The Morgan fingerprint density at radius 1 is 1.04 bits per heavy atom. The van der Waals surface area contributed by atoms with Gasteiger partial charge in [0.15, 0.2) is 0 Å². The number of ether oxygens (including phenoxy) is 1. The molecular formula is C21H21FN2O3. The average molecular weight is 368 g/mol. The van der Waals surface area contributed by atoms with Gasteiger partial charge in [0.2, 0.25) is 0 Å². The number of likely N-dealkylation sites (tertiary alicyclic amines) is 1. The van der Waals surface area contributed by atoms with Crippen LogP contribution in [0, 0.1) is 5.82 Å². The highest BCUT2D eigenvalue weighted by Crippen LogP contribution is 2.32. The largest absolute Gasteiger partial charge is 0.361 e. The maximum Gasteiger partial charge on any atom is 0.253 e. The first-order valence-corrected chi connectivity index (χ1v) is 9.11. The summed E-state index contributed by atoms with van der Waals surface area (Å²) in [6, 6.07) is 15.1. The molecule has 2 saturated heterocycles. The Kier molecular flexibility index (Phi) is 4.66. The predicted molar refractivity (Wildman–Crippen MR) is 99.0 cm³/mol. The van der Waals surface area contributed by atoms with Crippen molar-refractivity contribution < 1.29 is 18.7 Å². The zero-order valence-corrected chi connectivity index (χ0v) is 14.9. The second kappa shape index (κ2) is 7.12. The van der Waals surface area contributed by atoms with Crippen LogP contribution in [-0.4, -0.2) is 48.6 Å². The summed E-state index contributed by atoms with van der Waals surface area (Å²) in [5.74, 6) is -0.520. The van der Waals surface area contributed by atoms with E-state index in [0.717, 1.165) is 12.8 Å². The number of rotatable bonds is 2. The molecule has 2 heterocycles. The molecule has 6 heteroatoms. The number of piperidine rings is 1. The van der Waals surface area contributed by atoms with Gasteiger partial charge in [0, 0.05) is 17.8 Å². The third kappa shape index (κ3) is 3.57. The molecule has 0 saturated carbocycles. The molecule has 2 aromatic carbocycles. The van der Waals surface area contributed by atoms with Crippen LogP contribution in [0.15, 0.2) is 54.6 Å². The van der Waals surface area contributed by atoms with E-state index in [9.17, 15) is 14.0 Å². The van der Waals surface area contributed by atoms with E-state index >= 15 is 0 Å². The van der Waals surface area contributed by atoms with E-state index in [1.807, 2.05) is 18.2 Å². The van der Waals surface area contributed by atoms with E-state index in [-0.39, 0.29) is 24.2 Å². The van der Waals surface area contributed by atoms with Gasteiger partial charge in [0.1, 0.15) is 18.0 Å². The van der Waals surface area contributed by atoms with Crippen LogP contribution in [0.5, 0.6) is 0 Å². The molecule has 5 nitrogen and oxygen atoms in total. The maximum atomic E-state index is 13.2. The maximum absolute atomic E-state index is 13.2. The lowest BCUT2D eigenvalue weighted by atomic mass is 9.90. The number of morpholine rings is 1. The topological polar surface area (TPSA) is 49.9 Å². The van der Waals surface area contributed by atoms with E-state index in [4.69, 9.17) is 4.74 Å². The summed E-state index contributed by atoms with van der Waals surface area (Å²) in [6.07, 6.45) is 1.58. The number of carbonyl (C=O) groups is 2. The van der Waals surface area contributed by atoms with Crippen LogP contribution in [0.4, 0.5) is 10.1 Å². The fraction of sp³-hybridized carbons (Fsp3) is 0.333. The molecule has 1 atom stereocenters. The van der Waals surface area contributed by atoms with Crippen LogP contribution in [0.1, 0.15) is 23.2 Å². The summed E-state index contributed by atoms with van der Waals surface area (Å²) < 4.78 is 19.2. The highest BCUT2D eigenvalue weighted by atomic mass is 19.1. The second-order valence-corrected chi connectivity index (χ2v) is 7.12. The highest BCUT2D eigenvalue weighted by Gasteiger charge is 2.44. The smallest absolute Gasteiger partial charge is 0.253 e. The fourth-order valence-electron chi connectivity index (χ4n) is 3.85. The van der Waals surface area contributed by atoms with E-state index in [0.29, 0.717) is 30.9 Å². The van der Waals surface area contributed by atoms with E-state index in [1.165, 1.54) is 12.1 Å². The minimum atomic E-state index is -0.592. The quantitative estimate of drug-likeness (QED) is 0.819. The lowest BCUT2D eigenvalue weighted by molar-refractivity contribution is -0.144. The normalized spacial score (nSPS) is 22.9. The number of benzene rings is 2. The van der Waals surface area contributed by atoms with Crippen LogP contribution in [0.3, 0.4) is 0 Å². The monoisotopic (exact) mass is 368 g/mol. The van der Waals surface area contributed by atoms with E-state index in [1.54, 1.807) is 34.1 Å². The Morgan fingerprint density at radius 2 is 1.78 bits per heavy atom. The minimum Gasteiger partial charge on any atom is -0.361 e. The Hall–Kier alpha value is -2.73. The molecule has 2 aliphatic heterocycles. The first kappa shape index (κ1) is 17.7. The van der Waals surface area contributed by atoms with Crippen molar-refractivity contribution >= 4 is 17.5 Å². The molecule has 2 aromatic rings. The molecule has 2 amide bonds. The van der Waals surface area contributed by atoms with Gasteiger partial charge in [0.05, 0.1) is 13.1 Å². The third-order valence-electron chi connectivity index (χ3n) is 5.23. The van der Waals surface area contributed by atoms with Crippen LogP contribution in [0.2, 0.25) is 0 Å². The molecule has 0 bridgehead atoms. The molecule has 0 N–H and O–H groups in total. The lowest BCUT2D eigenvalue weighted by Gasteiger charge is -2.47. The van der Waals surface area contributed by atoms with Gasteiger partial charge in [-0.1, -0.05) is 18.2 Å². The Morgan fingerprint density at radius 3 is 2.52 bits per heavy atom. The summed E-state index contributed by atoms with van der Waals surface area (Å²) in [6.45, 7) is 1.43. The molecule has 140 valence electrons. The van der Waals surface area contributed by atoms with Gasteiger partial charge >= 0.3 is 0 Å². The van der Waals surface area contributed by atoms with E-state index < -0.39 is 5.60 Å². The van der Waals surface area contributed by atoms with Gasteiger partial charge in [-0.2, -0.15) is 0 Å². The zero-order chi connectivity index (χ0) is 18.9. The van der Waals surface area contributed by atoms with Crippen LogP contribution >= 0.6 is 0 Å². The molecule has 1 unspecified atom stereocenters. The van der Waals surface area contributed by atoms with Crippen molar-refractivity contribution in [2.75, 3.05) is 31.1 Å². The first-order valence-electron chi connectivity index (χ1n) is 9.11. The second-order valence-electron chi connectivity index (χ2n) is 7.12.